The van der Waals surface area contributed by atoms with Crippen LogP contribution in [0.25, 0.3) is 11.1 Å². The number of carbonyl (C=O) groups is 1. The zero-order valence-electron chi connectivity index (χ0n) is 21.8. The largest absolute Gasteiger partial charge is 0.461 e. The van der Waals surface area contributed by atoms with Crippen LogP contribution < -0.4 is 4.74 Å². The molecule has 8 N–H and O–H groups in total. The van der Waals surface area contributed by atoms with E-state index in [4.69, 9.17) is 9.47 Å². The predicted octanol–water partition coefficient (Wildman–Crippen LogP) is -1.62. The molecule has 1 heterocycles. The fourth-order valence-electron chi connectivity index (χ4n) is 4.49. The zero-order chi connectivity index (χ0) is 29.0. The molecule has 216 valence electrons. The first-order valence-electron chi connectivity index (χ1n) is 12.5. The van der Waals surface area contributed by atoms with Crippen molar-refractivity contribution in [3.8, 4) is 16.9 Å². The Bertz CT molecular complexity index is 1110. The minimum atomic E-state index is -1.97. The van der Waals surface area contributed by atoms with E-state index in [1.165, 1.54) is 13.0 Å². The van der Waals surface area contributed by atoms with Gasteiger partial charge in [-0.05, 0) is 54.8 Å². The Morgan fingerprint density at radius 1 is 1.03 bits per heavy atom. The van der Waals surface area contributed by atoms with Crippen molar-refractivity contribution in [1.82, 2.24) is 4.90 Å². The quantitative estimate of drug-likeness (QED) is 0.160. The maximum atomic E-state index is 13.3. The molecule has 5 atom stereocenters. The third-order valence-corrected chi connectivity index (χ3v) is 7.13. The summed E-state index contributed by atoms with van der Waals surface area (Å²) in [5.74, 6) is -0.292. The Morgan fingerprint density at radius 3 is 2.23 bits per heavy atom. The second-order valence-electron chi connectivity index (χ2n) is 9.91. The molecular weight excluding hydrogens is 514 g/mol. The summed E-state index contributed by atoms with van der Waals surface area (Å²) in [6, 6.07) is 11.6. The van der Waals surface area contributed by atoms with Crippen LogP contribution in [-0.4, -0.2) is 127 Å². The van der Waals surface area contributed by atoms with Gasteiger partial charge in [0.2, 0.25) is 6.29 Å². The van der Waals surface area contributed by atoms with Gasteiger partial charge in [0.05, 0.1) is 33.0 Å². The predicted molar refractivity (Wildman–Crippen MR) is 138 cm³/mol. The van der Waals surface area contributed by atoms with Crippen LogP contribution in [0.2, 0.25) is 0 Å². The average Bonchev–Trinajstić information content (AvgIpc) is 2.94. The lowest BCUT2D eigenvalue weighted by atomic mass is 9.88. The number of rotatable bonds is 11. The smallest absolute Gasteiger partial charge is 0.254 e. The van der Waals surface area contributed by atoms with Crippen molar-refractivity contribution in [3.05, 3.63) is 53.6 Å². The highest BCUT2D eigenvalue weighted by molar-refractivity contribution is 5.96. The van der Waals surface area contributed by atoms with Crippen LogP contribution in [0.4, 0.5) is 0 Å². The Labute approximate surface area is 225 Å². The molecule has 12 nitrogen and oxygen atoms in total. The van der Waals surface area contributed by atoms with Gasteiger partial charge in [-0.15, -0.1) is 0 Å². The van der Waals surface area contributed by atoms with E-state index in [2.05, 4.69) is 0 Å². The molecule has 0 radical (unpaired) electrons. The molecule has 3 rings (SSSR count). The van der Waals surface area contributed by atoms with Crippen LogP contribution in [0.1, 0.15) is 22.8 Å². The van der Waals surface area contributed by atoms with Gasteiger partial charge in [0.25, 0.3) is 5.91 Å². The summed E-state index contributed by atoms with van der Waals surface area (Å²) in [7, 11) is 0. The number of benzene rings is 2. The molecule has 1 amide bonds. The standard InChI is InChI=1S/C27H37NO11/c1-16-10-18(6-7-20(16)38-25-26(2,37)23(35)22(34)21(12-30)39-25)17-4-3-5-19(11-17)24(36)28(8-9-29)27(13-31,14-32)15-33/h3-7,10-11,21-23,25,29-35,37H,8-9,12-15H2,1-2H3/t21-,22-,23+,25+,26+/m1/s1. The highest BCUT2D eigenvalue weighted by Crippen LogP contribution is 2.34. The van der Waals surface area contributed by atoms with Crippen LogP contribution in [0.15, 0.2) is 42.5 Å². The lowest BCUT2D eigenvalue weighted by Gasteiger charge is -2.45. The maximum Gasteiger partial charge on any atom is 0.254 e. The van der Waals surface area contributed by atoms with Crippen molar-refractivity contribution >= 4 is 5.91 Å². The lowest BCUT2D eigenvalue weighted by Crippen LogP contribution is -2.66. The molecule has 1 aliphatic rings. The molecule has 0 bridgehead atoms. The number of hydrogen-bond acceptors (Lipinski definition) is 11. The van der Waals surface area contributed by atoms with Crippen LogP contribution in [0, 0.1) is 6.92 Å². The molecule has 1 saturated heterocycles. The number of nitrogens with zero attached hydrogens (tertiary/aromatic N) is 1. The van der Waals surface area contributed by atoms with Gasteiger partial charge in [-0.1, -0.05) is 18.2 Å². The van der Waals surface area contributed by atoms with Gasteiger partial charge in [-0.25, -0.2) is 0 Å². The number of hydrogen-bond donors (Lipinski definition) is 8. The fourth-order valence-corrected chi connectivity index (χ4v) is 4.49. The van der Waals surface area contributed by atoms with Gasteiger partial charge in [-0.2, -0.15) is 0 Å². The van der Waals surface area contributed by atoms with Crippen molar-refractivity contribution in [1.29, 1.82) is 0 Å². The fraction of sp³-hybridized carbons (Fsp3) is 0.519. The molecule has 0 unspecified atom stereocenters. The van der Waals surface area contributed by atoms with Gasteiger partial charge in [0, 0.05) is 12.1 Å². The van der Waals surface area contributed by atoms with Crippen LogP contribution in [0.3, 0.4) is 0 Å². The van der Waals surface area contributed by atoms with Crippen molar-refractivity contribution < 1.29 is 55.1 Å². The van der Waals surface area contributed by atoms with Gasteiger partial charge in [-0.3, -0.25) is 4.79 Å². The molecule has 1 fully saturated rings. The van der Waals surface area contributed by atoms with Crippen molar-refractivity contribution in [3.63, 3.8) is 0 Å². The maximum absolute atomic E-state index is 13.3. The summed E-state index contributed by atoms with van der Waals surface area (Å²) in [6.45, 7) is -0.388. The highest BCUT2D eigenvalue weighted by atomic mass is 16.7. The van der Waals surface area contributed by atoms with Crippen LogP contribution in [-0.2, 0) is 4.74 Å². The normalized spacial score (nSPS) is 25.4. The van der Waals surface area contributed by atoms with Gasteiger partial charge in [0.15, 0.2) is 5.60 Å². The zero-order valence-corrected chi connectivity index (χ0v) is 21.8. The number of carbonyl (C=O) groups excluding carboxylic acids is 1. The summed E-state index contributed by atoms with van der Waals surface area (Å²) in [5.41, 5.74) is -1.48. The first kappa shape index (κ1) is 30.9. The van der Waals surface area contributed by atoms with E-state index >= 15 is 0 Å². The first-order valence-corrected chi connectivity index (χ1v) is 12.5. The van der Waals surface area contributed by atoms with Gasteiger partial charge < -0.3 is 55.2 Å². The Hall–Kier alpha value is -2.65. The number of aryl methyl sites for hydroxylation is 1. The highest BCUT2D eigenvalue weighted by Gasteiger charge is 2.53. The molecule has 1 aliphatic heterocycles. The molecule has 0 spiro atoms. The van der Waals surface area contributed by atoms with E-state index in [1.807, 2.05) is 0 Å². The third kappa shape index (κ3) is 6.09. The first-order chi connectivity index (χ1) is 18.5. The number of amides is 1. The van der Waals surface area contributed by atoms with Crippen molar-refractivity contribution in [2.24, 2.45) is 0 Å². The monoisotopic (exact) mass is 551 g/mol. The summed E-state index contributed by atoms with van der Waals surface area (Å²) in [6.07, 6.45) is -5.67. The Morgan fingerprint density at radius 2 is 1.67 bits per heavy atom. The third-order valence-electron chi connectivity index (χ3n) is 7.13. The molecule has 12 heteroatoms. The molecule has 2 aromatic rings. The molecule has 2 aromatic carbocycles. The second-order valence-corrected chi connectivity index (χ2v) is 9.91. The molecular formula is C27H37NO11. The van der Waals surface area contributed by atoms with Gasteiger partial charge >= 0.3 is 0 Å². The summed E-state index contributed by atoms with van der Waals surface area (Å²) >= 11 is 0. The average molecular weight is 552 g/mol. The summed E-state index contributed by atoms with van der Waals surface area (Å²) in [4.78, 5) is 14.4. The number of ether oxygens (including phenoxy) is 2. The SMILES string of the molecule is Cc1cc(-c2cccc(C(=O)N(CCO)C(CO)(CO)CO)c2)ccc1O[C@H]1O[C@H](CO)[C@@H](O)[C@H](O)[C@]1(C)O. The Kier molecular flexibility index (Phi) is 10.0. The minimum absolute atomic E-state index is 0.202. The van der Waals surface area contributed by atoms with E-state index in [-0.39, 0.29) is 12.1 Å². The van der Waals surface area contributed by atoms with Crippen molar-refractivity contribution in [2.45, 2.75) is 49.6 Å². The molecule has 0 aliphatic carbocycles. The van der Waals surface area contributed by atoms with E-state index < -0.39 is 74.7 Å². The molecule has 39 heavy (non-hydrogen) atoms. The Balaban J connectivity index is 1.88. The molecule has 0 saturated carbocycles. The van der Waals surface area contributed by atoms with E-state index in [0.717, 1.165) is 4.90 Å². The number of β-amino-alcohol motifs (C(OH)–C–C–N with tert-alkyl or cyclic N) is 1. The summed E-state index contributed by atoms with van der Waals surface area (Å²) < 4.78 is 11.3. The van der Waals surface area contributed by atoms with Crippen LogP contribution in [0.5, 0.6) is 5.75 Å². The molecule has 0 aromatic heterocycles. The second kappa shape index (κ2) is 12.7. The summed E-state index contributed by atoms with van der Waals surface area (Å²) in [5, 5.41) is 79.4. The topological polar surface area (TPSA) is 201 Å². The number of aliphatic hydroxyl groups is 8. The lowest BCUT2D eigenvalue weighted by molar-refractivity contribution is -0.314. The van der Waals surface area contributed by atoms with Crippen molar-refractivity contribution in [2.75, 3.05) is 39.6 Å². The van der Waals surface area contributed by atoms with E-state index in [1.54, 1.807) is 43.3 Å². The van der Waals surface area contributed by atoms with Crippen LogP contribution >= 0.6 is 0 Å². The van der Waals surface area contributed by atoms with E-state index in [0.29, 0.717) is 22.4 Å². The van der Waals surface area contributed by atoms with Gasteiger partial charge in [0.1, 0.15) is 29.6 Å². The minimum Gasteiger partial charge on any atom is -0.461 e. The van der Waals surface area contributed by atoms with E-state index in [9.17, 15) is 45.6 Å². The number of aliphatic hydroxyl groups excluding tert-OH is 7.